The van der Waals surface area contributed by atoms with Crippen LogP contribution < -0.4 is 4.74 Å². The summed E-state index contributed by atoms with van der Waals surface area (Å²) in [6, 6.07) is 12.8. The molecular formula is C26H39N3O2. The summed E-state index contributed by atoms with van der Waals surface area (Å²) in [6.45, 7) is 12.9. The third-order valence-electron chi connectivity index (χ3n) is 6.32. The third kappa shape index (κ3) is 5.91. The number of aromatic nitrogens is 1. The van der Waals surface area contributed by atoms with Gasteiger partial charge < -0.3 is 14.2 Å². The minimum atomic E-state index is 0.0230. The van der Waals surface area contributed by atoms with Gasteiger partial charge in [-0.25, -0.2) is 0 Å². The Bertz CT molecular complexity index is 858. The number of hydrogen-bond acceptors (Lipinski definition) is 3. The second kappa shape index (κ2) is 10.4. The molecule has 1 aliphatic heterocycles. The second-order valence-electron chi connectivity index (χ2n) is 9.74. The van der Waals surface area contributed by atoms with Crippen molar-refractivity contribution in [1.29, 1.82) is 0 Å². The lowest BCUT2D eigenvalue weighted by Gasteiger charge is -2.31. The molecule has 2 aromatic rings. The van der Waals surface area contributed by atoms with E-state index in [0.29, 0.717) is 17.8 Å². The number of likely N-dealkylation sites (tertiary alicyclic amines) is 1. The summed E-state index contributed by atoms with van der Waals surface area (Å²) < 4.78 is 7.70. The zero-order valence-electron chi connectivity index (χ0n) is 20.0. The normalized spacial score (nSPS) is 19.4. The number of benzene rings is 1. The summed E-state index contributed by atoms with van der Waals surface area (Å²) in [6.07, 6.45) is 2.11. The van der Waals surface area contributed by atoms with Crippen LogP contribution in [-0.4, -0.2) is 53.6 Å². The first-order valence-corrected chi connectivity index (χ1v) is 11.5. The van der Waals surface area contributed by atoms with Gasteiger partial charge >= 0.3 is 0 Å². The summed E-state index contributed by atoms with van der Waals surface area (Å²) in [4.78, 5) is 17.6. The van der Waals surface area contributed by atoms with Crippen molar-refractivity contribution in [2.45, 2.75) is 40.2 Å². The molecule has 0 bridgehead atoms. The van der Waals surface area contributed by atoms with Gasteiger partial charge in [0.2, 0.25) is 5.91 Å². The van der Waals surface area contributed by atoms with Crippen LogP contribution in [0.25, 0.3) is 0 Å². The maximum absolute atomic E-state index is 13.0. The van der Waals surface area contributed by atoms with Gasteiger partial charge in [0.05, 0.1) is 7.11 Å². The molecule has 2 atom stereocenters. The molecule has 1 fully saturated rings. The summed E-state index contributed by atoms with van der Waals surface area (Å²) in [7, 11) is 3.83. The number of nitrogens with zero attached hydrogens (tertiary/aromatic N) is 3. The SMILES string of the molecule is COc1cccc([C@H]2CN(Cc3cccn3C)C[C@H]2CN(CC(C)C)C(=O)C(C)C)c1. The Hall–Kier alpha value is -2.27. The van der Waals surface area contributed by atoms with Crippen LogP contribution in [-0.2, 0) is 18.4 Å². The van der Waals surface area contributed by atoms with Crippen LogP contribution in [0.4, 0.5) is 0 Å². The lowest BCUT2D eigenvalue weighted by Crippen LogP contribution is -2.41. The highest BCUT2D eigenvalue weighted by molar-refractivity contribution is 5.78. The Labute approximate surface area is 188 Å². The van der Waals surface area contributed by atoms with Crippen molar-refractivity contribution in [3.8, 4) is 5.75 Å². The molecule has 1 amide bonds. The first kappa shape index (κ1) is 23.4. The monoisotopic (exact) mass is 425 g/mol. The number of hydrogen-bond donors (Lipinski definition) is 0. The highest BCUT2D eigenvalue weighted by Gasteiger charge is 2.36. The van der Waals surface area contributed by atoms with Crippen molar-refractivity contribution in [3.05, 3.63) is 53.9 Å². The molecule has 1 aliphatic rings. The average Bonchev–Trinajstić information content (AvgIpc) is 3.32. The van der Waals surface area contributed by atoms with Gasteiger partial charge in [0.25, 0.3) is 0 Å². The predicted octanol–water partition coefficient (Wildman–Crippen LogP) is 4.39. The zero-order valence-corrected chi connectivity index (χ0v) is 20.0. The molecule has 5 heteroatoms. The van der Waals surface area contributed by atoms with Gasteiger partial charge in [-0.3, -0.25) is 9.69 Å². The number of aryl methyl sites for hydroxylation is 1. The fourth-order valence-electron chi connectivity index (χ4n) is 4.76. The predicted molar refractivity (Wildman–Crippen MR) is 126 cm³/mol. The Morgan fingerprint density at radius 1 is 1.16 bits per heavy atom. The molecule has 0 N–H and O–H groups in total. The minimum Gasteiger partial charge on any atom is -0.497 e. The lowest BCUT2D eigenvalue weighted by atomic mass is 9.88. The Kier molecular flexibility index (Phi) is 7.82. The topological polar surface area (TPSA) is 37.7 Å². The van der Waals surface area contributed by atoms with Crippen LogP contribution in [0.2, 0.25) is 0 Å². The second-order valence-corrected chi connectivity index (χ2v) is 9.74. The number of methoxy groups -OCH3 is 1. The van der Waals surface area contributed by atoms with Crippen molar-refractivity contribution in [2.24, 2.45) is 24.8 Å². The Morgan fingerprint density at radius 2 is 1.94 bits per heavy atom. The van der Waals surface area contributed by atoms with E-state index < -0.39 is 0 Å². The summed E-state index contributed by atoms with van der Waals surface area (Å²) in [5.41, 5.74) is 2.63. The van der Waals surface area contributed by atoms with Crippen molar-refractivity contribution < 1.29 is 9.53 Å². The standard InChI is InChI=1S/C26H39N3O2/c1-19(2)14-29(26(30)20(3)4)16-22-15-28(17-23-10-8-12-27(23)5)18-25(22)21-9-7-11-24(13-21)31-6/h7-13,19-20,22,25H,14-18H2,1-6H3/t22-,25+/m0/s1. The highest BCUT2D eigenvalue weighted by atomic mass is 16.5. The maximum atomic E-state index is 13.0. The van der Waals surface area contributed by atoms with Gasteiger partial charge in [-0.1, -0.05) is 39.8 Å². The quantitative estimate of drug-likeness (QED) is 0.598. The van der Waals surface area contributed by atoms with E-state index in [0.717, 1.165) is 38.5 Å². The number of carbonyl (C=O) groups excluding carboxylic acids is 1. The van der Waals surface area contributed by atoms with Crippen LogP contribution >= 0.6 is 0 Å². The first-order valence-electron chi connectivity index (χ1n) is 11.5. The number of ether oxygens (including phenoxy) is 1. The average molecular weight is 426 g/mol. The molecule has 2 heterocycles. The van der Waals surface area contributed by atoms with E-state index in [2.05, 4.69) is 71.8 Å². The number of rotatable bonds is 9. The van der Waals surface area contributed by atoms with Crippen LogP contribution in [0.15, 0.2) is 42.6 Å². The molecule has 1 aromatic carbocycles. The smallest absolute Gasteiger partial charge is 0.225 e. The van der Waals surface area contributed by atoms with Gasteiger partial charge in [-0.05, 0) is 41.7 Å². The molecule has 0 spiro atoms. The van der Waals surface area contributed by atoms with Crippen molar-refractivity contribution >= 4 is 5.91 Å². The highest BCUT2D eigenvalue weighted by Crippen LogP contribution is 2.36. The molecule has 5 nitrogen and oxygen atoms in total. The van der Waals surface area contributed by atoms with Gasteiger partial charge in [0.1, 0.15) is 5.75 Å². The molecule has 3 rings (SSSR count). The van der Waals surface area contributed by atoms with Crippen LogP contribution in [0.3, 0.4) is 0 Å². The van der Waals surface area contributed by atoms with Gasteiger partial charge in [-0.2, -0.15) is 0 Å². The van der Waals surface area contributed by atoms with Gasteiger partial charge in [0, 0.05) is 63.5 Å². The first-order chi connectivity index (χ1) is 14.8. The largest absolute Gasteiger partial charge is 0.497 e. The molecule has 31 heavy (non-hydrogen) atoms. The fourth-order valence-corrected chi connectivity index (χ4v) is 4.76. The third-order valence-corrected chi connectivity index (χ3v) is 6.32. The van der Waals surface area contributed by atoms with Crippen molar-refractivity contribution in [2.75, 3.05) is 33.3 Å². The maximum Gasteiger partial charge on any atom is 0.225 e. The molecule has 0 saturated carbocycles. The van der Waals surface area contributed by atoms with E-state index >= 15 is 0 Å². The zero-order chi connectivity index (χ0) is 22.5. The molecular weight excluding hydrogens is 386 g/mol. The van der Waals surface area contributed by atoms with E-state index in [1.54, 1.807) is 7.11 Å². The number of amides is 1. The van der Waals surface area contributed by atoms with Gasteiger partial charge in [-0.15, -0.1) is 0 Å². The van der Waals surface area contributed by atoms with Crippen LogP contribution in [0.1, 0.15) is 44.9 Å². The van der Waals surface area contributed by atoms with Crippen molar-refractivity contribution in [1.82, 2.24) is 14.4 Å². The lowest BCUT2D eigenvalue weighted by molar-refractivity contribution is -0.135. The Balaban J connectivity index is 1.85. The van der Waals surface area contributed by atoms with E-state index in [1.165, 1.54) is 11.3 Å². The van der Waals surface area contributed by atoms with Crippen molar-refractivity contribution in [3.63, 3.8) is 0 Å². The number of carbonyl (C=O) groups is 1. The van der Waals surface area contributed by atoms with E-state index in [1.807, 2.05) is 19.9 Å². The summed E-state index contributed by atoms with van der Waals surface area (Å²) in [5.74, 6) is 2.42. The van der Waals surface area contributed by atoms with E-state index in [-0.39, 0.29) is 11.8 Å². The van der Waals surface area contributed by atoms with E-state index in [9.17, 15) is 4.79 Å². The van der Waals surface area contributed by atoms with Crippen LogP contribution in [0, 0.1) is 17.8 Å². The van der Waals surface area contributed by atoms with E-state index in [4.69, 9.17) is 4.74 Å². The Morgan fingerprint density at radius 3 is 2.55 bits per heavy atom. The molecule has 170 valence electrons. The molecule has 0 radical (unpaired) electrons. The molecule has 0 aliphatic carbocycles. The molecule has 0 unspecified atom stereocenters. The summed E-state index contributed by atoms with van der Waals surface area (Å²) in [5, 5.41) is 0. The summed E-state index contributed by atoms with van der Waals surface area (Å²) >= 11 is 0. The van der Waals surface area contributed by atoms with Crippen LogP contribution in [0.5, 0.6) is 5.75 Å². The fraction of sp³-hybridized carbons (Fsp3) is 0.577. The molecule has 1 saturated heterocycles. The van der Waals surface area contributed by atoms with Gasteiger partial charge in [0.15, 0.2) is 0 Å². The minimum absolute atomic E-state index is 0.0230. The molecule has 1 aromatic heterocycles.